The third-order valence-corrected chi connectivity index (χ3v) is 2.71. The van der Waals surface area contributed by atoms with Gasteiger partial charge in [0, 0.05) is 12.5 Å². The average molecular weight is 263 g/mol. The lowest BCUT2D eigenvalue weighted by Gasteiger charge is -2.13. The summed E-state index contributed by atoms with van der Waals surface area (Å²) in [6.07, 6.45) is 2.68. The van der Waals surface area contributed by atoms with Gasteiger partial charge in [0.2, 0.25) is 0 Å². The smallest absolute Gasteiger partial charge is 0.126 e. The van der Waals surface area contributed by atoms with Crippen molar-refractivity contribution in [3.63, 3.8) is 0 Å². The first-order valence-electron chi connectivity index (χ1n) is 6.90. The molecule has 0 amide bonds. The fourth-order valence-electron chi connectivity index (χ4n) is 1.68. The van der Waals surface area contributed by atoms with Crippen molar-refractivity contribution in [2.24, 2.45) is 5.73 Å². The first-order chi connectivity index (χ1) is 9.17. The zero-order chi connectivity index (χ0) is 14.1. The summed E-state index contributed by atoms with van der Waals surface area (Å²) >= 11 is 0. The highest BCUT2D eigenvalue weighted by Gasteiger charge is 2.06. The van der Waals surface area contributed by atoms with Gasteiger partial charge in [0.25, 0.3) is 0 Å². The van der Waals surface area contributed by atoms with Gasteiger partial charge < -0.3 is 15.2 Å². The largest absolute Gasteiger partial charge is 0.493 e. The molecule has 0 saturated carbocycles. The van der Waals surface area contributed by atoms with E-state index in [1.807, 2.05) is 25.1 Å². The van der Waals surface area contributed by atoms with Crippen LogP contribution in [0.3, 0.4) is 0 Å². The fourth-order valence-corrected chi connectivity index (χ4v) is 1.68. The van der Waals surface area contributed by atoms with Crippen molar-refractivity contribution in [1.82, 2.24) is 0 Å². The Balaban J connectivity index is 2.72. The fraction of sp³-hybridized carbons (Fsp3) is 0.500. The highest BCUT2D eigenvalue weighted by Crippen LogP contribution is 2.26. The molecular weight excluding hydrogens is 238 g/mol. The van der Waals surface area contributed by atoms with Crippen molar-refractivity contribution in [3.8, 4) is 11.5 Å². The van der Waals surface area contributed by atoms with E-state index in [1.54, 1.807) is 0 Å². The number of ether oxygens (including phenoxy) is 2. The molecule has 0 aliphatic carbocycles. The van der Waals surface area contributed by atoms with Crippen LogP contribution in [0.25, 0.3) is 0 Å². The Labute approximate surface area is 116 Å². The molecular formula is C16H25NO2. The van der Waals surface area contributed by atoms with Gasteiger partial charge in [0.05, 0.1) is 13.2 Å². The van der Waals surface area contributed by atoms with E-state index in [1.165, 1.54) is 0 Å². The van der Waals surface area contributed by atoms with Gasteiger partial charge in [-0.3, -0.25) is 0 Å². The highest BCUT2D eigenvalue weighted by atomic mass is 16.5. The zero-order valence-electron chi connectivity index (χ0n) is 12.1. The quantitative estimate of drug-likeness (QED) is 0.695. The summed E-state index contributed by atoms with van der Waals surface area (Å²) < 4.78 is 11.5. The van der Waals surface area contributed by atoms with Crippen LogP contribution in [0.2, 0.25) is 0 Å². The number of rotatable bonds is 9. The second-order valence-corrected chi connectivity index (χ2v) is 4.71. The molecule has 0 spiro atoms. The molecule has 0 aromatic heterocycles. The Hall–Kier alpha value is -1.48. The van der Waals surface area contributed by atoms with Crippen molar-refractivity contribution in [2.45, 2.75) is 33.1 Å². The van der Waals surface area contributed by atoms with Gasteiger partial charge in [-0.1, -0.05) is 18.6 Å². The van der Waals surface area contributed by atoms with Crippen LogP contribution in [0.4, 0.5) is 0 Å². The van der Waals surface area contributed by atoms with E-state index in [-0.39, 0.29) is 0 Å². The van der Waals surface area contributed by atoms with Gasteiger partial charge in [-0.05, 0) is 37.9 Å². The van der Waals surface area contributed by atoms with Crippen LogP contribution in [0, 0.1) is 0 Å². The van der Waals surface area contributed by atoms with Crippen LogP contribution in [-0.4, -0.2) is 19.8 Å². The van der Waals surface area contributed by atoms with Crippen molar-refractivity contribution >= 4 is 0 Å². The molecule has 0 fully saturated rings. The van der Waals surface area contributed by atoms with Crippen LogP contribution in [0.5, 0.6) is 11.5 Å². The molecule has 0 radical (unpaired) electrons. The van der Waals surface area contributed by atoms with E-state index >= 15 is 0 Å². The molecule has 0 bridgehead atoms. The van der Waals surface area contributed by atoms with E-state index in [9.17, 15) is 0 Å². The first kappa shape index (κ1) is 15.6. The van der Waals surface area contributed by atoms with E-state index in [0.29, 0.717) is 13.2 Å². The van der Waals surface area contributed by atoms with Gasteiger partial charge in [-0.2, -0.15) is 0 Å². The summed E-state index contributed by atoms with van der Waals surface area (Å²) in [5, 5.41) is 0. The second kappa shape index (κ2) is 8.59. The Kier molecular flexibility index (Phi) is 7.04. The standard InChI is InChI=1S/C16H25NO2/c1-4-10-18-15-6-5-14(7-9-17)16(12-15)19-11-8-13(2)3/h5-6,12H,2,4,7-11,17H2,1,3H3. The van der Waals surface area contributed by atoms with Crippen molar-refractivity contribution in [3.05, 3.63) is 35.9 Å². The summed E-state index contributed by atoms with van der Waals surface area (Å²) in [4.78, 5) is 0. The average Bonchev–Trinajstić information content (AvgIpc) is 2.38. The van der Waals surface area contributed by atoms with E-state index < -0.39 is 0 Å². The normalized spacial score (nSPS) is 10.3. The monoisotopic (exact) mass is 263 g/mol. The van der Waals surface area contributed by atoms with Gasteiger partial charge in [0.1, 0.15) is 11.5 Å². The Morgan fingerprint density at radius 2 is 2.05 bits per heavy atom. The van der Waals surface area contributed by atoms with Crippen LogP contribution in [0.1, 0.15) is 32.3 Å². The van der Waals surface area contributed by atoms with Gasteiger partial charge >= 0.3 is 0 Å². The van der Waals surface area contributed by atoms with Crippen molar-refractivity contribution in [1.29, 1.82) is 0 Å². The third kappa shape index (κ3) is 5.79. The van der Waals surface area contributed by atoms with Gasteiger partial charge in [0.15, 0.2) is 0 Å². The van der Waals surface area contributed by atoms with E-state index in [4.69, 9.17) is 15.2 Å². The highest BCUT2D eigenvalue weighted by molar-refractivity contribution is 5.41. The SMILES string of the molecule is C=C(C)CCOc1cc(OCCC)ccc1CCN. The minimum atomic E-state index is 0.617. The zero-order valence-corrected chi connectivity index (χ0v) is 12.1. The molecule has 106 valence electrons. The Bertz CT molecular complexity index is 402. The maximum Gasteiger partial charge on any atom is 0.126 e. The minimum Gasteiger partial charge on any atom is -0.493 e. The molecule has 1 rings (SSSR count). The number of hydrogen-bond donors (Lipinski definition) is 1. The molecule has 2 N–H and O–H groups in total. The summed E-state index contributed by atoms with van der Waals surface area (Å²) in [5.74, 6) is 1.73. The summed E-state index contributed by atoms with van der Waals surface area (Å²) in [7, 11) is 0. The molecule has 19 heavy (non-hydrogen) atoms. The molecule has 0 aliphatic heterocycles. The predicted octanol–water partition coefficient (Wildman–Crippen LogP) is 3.32. The minimum absolute atomic E-state index is 0.617. The molecule has 0 atom stereocenters. The third-order valence-electron chi connectivity index (χ3n) is 2.71. The molecule has 3 nitrogen and oxygen atoms in total. The lowest BCUT2D eigenvalue weighted by atomic mass is 10.1. The number of nitrogens with two attached hydrogens (primary N) is 1. The van der Waals surface area contributed by atoms with Crippen LogP contribution in [0.15, 0.2) is 30.4 Å². The lowest BCUT2D eigenvalue weighted by Crippen LogP contribution is -2.07. The molecule has 0 unspecified atom stereocenters. The Morgan fingerprint density at radius 3 is 2.68 bits per heavy atom. The first-order valence-corrected chi connectivity index (χ1v) is 6.90. The molecule has 1 aromatic rings. The maximum atomic E-state index is 5.82. The topological polar surface area (TPSA) is 44.5 Å². The molecule has 1 aromatic carbocycles. The number of hydrogen-bond acceptors (Lipinski definition) is 3. The molecule has 0 aliphatic rings. The number of benzene rings is 1. The van der Waals surface area contributed by atoms with Gasteiger partial charge in [-0.15, -0.1) is 6.58 Å². The molecule has 3 heteroatoms. The lowest BCUT2D eigenvalue weighted by molar-refractivity contribution is 0.301. The van der Waals surface area contributed by atoms with Crippen LogP contribution >= 0.6 is 0 Å². The van der Waals surface area contributed by atoms with Crippen molar-refractivity contribution < 1.29 is 9.47 Å². The predicted molar refractivity (Wildman–Crippen MR) is 79.9 cm³/mol. The van der Waals surface area contributed by atoms with Crippen molar-refractivity contribution in [2.75, 3.05) is 19.8 Å². The summed E-state index contributed by atoms with van der Waals surface area (Å²) in [6.45, 7) is 9.96. The van der Waals surface area contributed by atoms with Gasteiger partial charge in [-0.25, -0.2) is 0 Å². The molecule has 0 heterocycles. The Morgan fingerprint density at radius 1 is 1.26 bits per heavy atom. The second-order valence-electron chi connectivity index (χ2n) is 4.71. The summed E-state index contributed by atoms with van der Waals surface area (Å²) in [5.41, 5.74) is 7.88. The van der Waals surface area contributed by atoms with Crippen LogP contribution in [-0.2, 0) is 6.42 Å². The molecule has 0 saturated heterocycles. The maximum absolute atomic E-state index is 5.82. The van der Waals surface area contributed by atoms with E-state index in [0.717, 1.165) is 48.5 Å². The van der Waals surface area contributed by atoms with Crippen LogP contribution < -0.4 is 15.2 Å². The summed E-state index contributed by atoms with van der Waals surface area (Å²) in [6, 6.07) is 5.97. The van der Waals surface area contributed by atoms with E-state index in [2.05, 4.69) is 13.5 Å².